The van der Waals surface area contributed by atoms with Gasteiger partial charge in [-0.3, -0.25) is 0 Å². The highest BCUT2D eigenvalue weighted by Gasteiger charge is 2.21. The Bertz CT molecular complexity index is 1070. The number of piperidine rings is 1. The first kappa shape index (κ1) is 18.5. The fourth-order valence-corrected chi connectivity index (χ4v) is 4.09. The summed E-state index contributed by atoms with van der Waals surface area (Å²) in [6.45, 7) is 2.61. The minimum Gasteiger partial charge on any atom is -0.369 e. The van der Waals surface area contributed by atoms with Gasteiger partial charge in [-0.05, 0) is 43.0 Å². The minimum atomic E-state index is -3.28. The van der Waals surface area contributed by atoms with Gasteiger partial charge in [0.1, 0.15) is 12.1 Å². The molecule has 0 spiro atoms. The lowest BCUT2D eigenvalue weighted by atomic mass is 9.97. The van der Waals surface area contributed by atoms with Crippen molar-refractivity contribution in [2.45, 2.75) is 17.7 Å². The van der Waals surface area contributed by atoms with Gasteiger partial charge in [-0.15, -0.1) is 0 Å². The van der Waals surface area contributed by atoms with Gasteiger partial charge in [0.05, 0.1) is 10.4 Å². The first-order valence-electron chi connectivity index (χ1n) is 9.21. The number of nitrogens with zero attached hydrogens (tertiary/aromatic N) is 5. The maximum atomic E-state index is 11.9. The summed E-state index contributed by atoms with van der Waals surface area (Å²) in [6, 6.07) is 6.76. The lowest BCUT2D eigenvalue weighted by Crippen LogP contribution is -2.36. The third kappa shape index (κ3) is 4.04. The van der Waals surface area contributed by atoms with Crippen molar-refractivity contribution in [1.29, 1.82) is 0 Å². The van der Waals surface area contributed by atoms with Crippen molar-refractivity contribution >= 4 is 32.5 Å². The topological polar surface area (TPSA) is 101 Å². The molecule has 1 fully saturated rings. The van der Waals surface area contributed by atoms with Crippen LogP contribution in [-0.2, 0) is 9.84 Å². The fourth-order valence-electron chi connectivity index (χ4n) is 3.44. The molecular formula is C19H22N6O2S. The Balaban J connectivity index is 1.43. The predicted molar refractivity (Wildman–Crippen MR) is 108 cm³/mol. The molecule has 3 heterocycles. The van der Waals surface area contributed by atoms with E-state index in [9.17, 15) is 8.42 Å². The first-order valence-corrected chi connectivity index (χ1v) is 11.1. The number of anilines is 2. The molecule has 146 valence electrons. The van der Waals surface area contributed by atoms with Gasteiger partial charge < -0.3 is 10.2 Å². The molecule has 1 saturated heterocycles. The van der Waals surface area contributed by atoms with Gasteiger partial charge >= 0.3 is 0 Å². The maximum Gasteiger partial charge on any atom is 0.225 e. The largest absolute Gasteiger partial charge is 0.369 e. The van der Waals surface area contributed by atoms with E-state index in [2.05, 4.69) is 30.2 Å². The SMILES string of the molecule is CS(=O)(=O)c1ccc2ncnc(NCC3CCN(c4ncccn4)CC3)c2c1. The number of benzene rings is 1. The van der Waals surface area contributed by atoms with E-state index in [1.807, 2.05) is 6.07 Å². The number of nitrogens with one attached hydrogen (secondary N) is 1. The molecule has 0 aliphatic carbocycles. The number of sulfone groups is 1. The maximum absolute atomic E-state index is 11.9. The van der Waals surface area contributed by atoms with Crippen molar-refractivity contribution < 1.29 is 8.42 Å². The van der Waals surface area contributed by atoms with Gasteiger partial charge in [0, 0.05) is 43.7 Å². The van der Waals surface area contributed by atoms with E-state index in [0.717, 1.165) is 49.3 Å². The zero-order valence-corrected chi connectivity index (χ0v) is 16.4. The molecule has 4 rings (SSSR count). The highest BCUT2D eigenvalue weighted by molar-refractivity contribution is 7.90. The van der Waals surface area contributed by atoms with Gasteiger partial charge in [0.15, 0.2) is 9.84 Å². The summed E-state index contributed by atoms with van der Waals surface area (Å²) >= 11 is 0. The fraction of sp³-hybridized carbons (Fsp3) is 0.368. The van der Waals surface area contributed by atoms with Crippen LogP contribution in [-0.4, -0.2) is 54.2 Å². The van der Waals surface area contributed by atoms with Gasteiger partial charge in [-0.1, -0.05) is 0 Å². The van der Waals surface area contributed by atoms with Crippen LogP contribution in [0.1, 0.15) is 12.8 Å². The Labute approximate surface area is 164 Å². The van der Waals surface area contributed by atoms with Crippen LogP contribution < -0.4 is 10.2 Å². The van der Waals surface area contributed by atoms with Gasteiger partial charge in [0.25, 0.3) is 0 Å². The Morgan fingerprint density at radius 3 is 2.57 bits per heavy atom. The van der Waals surface area contributed by atoms with E-state index < -0.39 is 9.84 Å². The summed E-state index contributed by atoms with van der Waals surface area (Å²) < 4.78 is 23.7. The molecule has 0 amide bonds. The normalized spacial score (nSPS) is 15.7. The lowest BCUT2D eigenvalue weighted by Gasteiger charge is -2.32. The van der Waals surface area contributed by atoms with Crippen LogP contribution in [0.5, 0.6) is 0 Å². The molecule has 1 N–H and O–H groups in total. The Morgan fingerprint density at radius 1 is 1.11 bits per heavy atom. The third-order valence-corrected chi connectivity index (χ3v) is 6.15. The summed E-state index contributed by atoms with van der Waals surface area (Å²) in [7, 11) is -3.28. The van der Waals surface area contributed by atoms with E-state index in [4.69, 9.17) is 0 Å². The molecular weight excluding hydrogens is 376 g/mol. The molecule has 1 aliphatic rings. The van der Waals surface area contributed by atoms with E-state index >= 15 is 0 Å². The number of rotatable bonds is 5. The van der Waals surface area contributed by atoms with Crippen molar-refractivity contribution in [1.82, 2.24) is 19.9 Å². The second-order valence-corrected chi connectivity index (χ2v) is 9.05. The summed E-state index contributed by atoms with van der Waals surface area (Å²) in [5.74, 6) is 1.95. The lowest BCUT2D eigenvalue weighted by molar-refractivity contribution is 0.419. The quantitative estimate of drug-likeness (QED) is 0.698. The van der Waals surface area contributed by atoms with Crippen LogP contribution in [0, 0.1) is 5.92 Å². The van der Waals surface area contributed by atoms with Crippen molar-refractivity contribution in [3.8, 4) is 0 Å². The van der Waals surface area contributed by atoms with Gasteiger partial charge in [0.2, 0.25) is 5.95 Å². The van der Waals surface area contributed by atoms with E-state index in [-0.39, 0.29) is 4.90 Å². The Hall–Kier alpha value is -2.81. The van der Waals surface area contributed by atoms with Crippen molar-refractivity contribution in [3.05, 3.63) is 43.0 Å². The predicted octanol–water partition coefficient (Wildman–Crippen LogP) is 2.15. The van der Waals surface area contributed by atoms with E-state index in [1.54, 1.807) is 30.6 Å². The molecule has 1 aliphatic heterocycles. The standard InChI is InChI=1S/C19H22N6O2S/c1-28(26,27)15-3-4-17-16(11-15)18(24-13-23-17)22-12-14-5-9-25(10-6-14)19-20-7-2-8-21-19/h2-4,7-8,11,13-14H,5-6,9-10,12H2,1H3,(H,22,23,24). The van der Waals surface area contributed by atoms with Crippen LogP contribution in [0.25, 0.3) is 10.9 Å². The molecule has 28 heavy (non-hydrogen) atoms. The van der Waals surface area contributed by atoms with Crippen molar-refractivity contribution in [2.75, 3.05) is 36.1 Å². The molecule has 2 aromatic heterocycles. The number of hydrogen-bond acceptors (Lipinski definition) is 8. The summed E-state index contributed by atoms with van der Waals surface area (Å²) in [4.78, 5) is 19.7. The van der Waals surface area contributed by atoms with Crippen molar-refractivity contribution in [2.24, 2.45) is 5.92 Å². The van der Waals surface area contributed by atoms with Gasteiger partial charge in [-0.25, -0.2) is 28.4 Å². The molecule has 8 nitrogen and oxygen atoms in total. The molecule has 9 heteroatoms. The molecule has 0 bridgehead atoms. The average Bonchev–Trinajstić information content (AvgIpc) is 2.72. The second kappa shape index (κ2) is 7.67. The summed E-state index contributed by atoms with van der Waals surface area (Å²) in [5.41, 5.74) is 0.723. The highest BCUT2D eigenvalue weighted by atomic mass is 32.2. The molecule has 1 aromatic carbocycles. The molecule has 0 atom stereocenters. The van der Waals surface area contributed by atoms with Crippen LogP contribution in [0.3, 0.4) is 0 Å². The number of aromatic nitrogens is 4. The molecule has 0 unspecified atom stereocenters. The second-order valence-electron chi connectivity index (χ2n) is 7.03. The highest BCUT2D eigenvalue weighted by Crippen LogP contribution is 2.25. The first-order chi connectivity index (χ1) is 13.5. The third-order valence-electron chi connectivity index (χ3n) is 5.04. The van der Waals surface area contributed by atoms with E-state index in [0.29, 0.717) is 11.7 Å². The zero-order chi connectivity index (χ0) is 19.6. The Morgan fingerprint density at radius 2 is 1.86 bits per heavy atom. The summed E-state index contributed by atoms with van der Waals surface area (Å²) in [5, 5.41) is 4.12. The molecule has 3 aromatic rings. The van der Waals surface area contributed by atoms with Crippen LogP contribution in [0.4, 0.5) is 11.8 Å². The van der Waals surface area contributed by atoms with Crippen molar-refractivity contribution in [3.63, 3.8) is 0 Å². The van der Waals surface area contributed by atoms with Crippen LogP contribution in [0.2, 0.25) is 0 Å². The number of hydrogen-bond donors (Lipinski definition) is 1. The number of fused-ring (bicyclic) bond motifs is 1. The average molecular weight is 398 g/mol. The smallest absolute Gasteiger partial charge is 0.225 e. The monoisotopic (exact) mass is 398 g/mol. The zero-order valence-electron chi connectivity index (χ0n) is 15.6. The van der Waals surface area contributed by atoms with E-state index in [1.165, 1.54) is 12.6 Å². The van der Waals surface area contributed by atoms with Gasteiger partial charge in [-0.2, -0.15) is 0 Å². The van der Waals surface area contributed by atoms with Crippen LogP contribution in [0.15, 0.2) is 47.9 Å². The summed E-state index contributed by atoms with van der Waals surface area (Å²) in [6.07, 6.45) is 8.29. The van der Waals surface area contributed by atoms with Crippen LogP contribution >= 0.6 is 0 Å². The molecule has 0 radical (unpaired) electrons. The molecule has 0 saturated carbocycles. The Kier molecular flexibility index (Phi) is 5.08. The minimum absolute atomic E-state index is 0.272.